The molecule has 0 aliphatic carbocycles. The zero-order valence-corrected chi connectivity index (χ0v) is 16.4. The number of benzene rings is 2. The van der Waals surface area contributed by atoms with Gasteiger partial charge in [0.25, 0.3) is 0 Å². The van der Waals surface area contributed by atoms with Crippen LogP contribution in [-0.4, -0.2) is 42.8 Å². The zero-order valence-electron chi connectivity index (χ0n) is 15.6. The highest BCUT2D eigenvalue weighted by Crippen LogP contribution is 2.32. The van der Waals surface area contributed by atoms with Gasteiger partial charge >= 0.3 is 5.16 Å². The van der Waals surface area contributed by atoms with Crippen molar-refractivity contribution in [2.24, 2.45) is 0 Å². The van der Waals surface area contributed by atoms with Crippen LogP contribution < -0.4 is 14.4 Å². The molecule has 0 aliphatic heterocycles. The summed E-state index contributed by atoms with van der Waals surface area (Å²) in [6.45, 7) is 2.04. The molecule has 6 nitrogen and oxygen atoms in total. The molecule has 1 heterocycles. The SMILES string of the molecule is COc1cc2nc([S+]([O-])Cc3c(C)cccc3N(C)C)[nH]c2cc1OC. The second-order valence-electron chi connectivity index (χ2n) is 6.22. The summed E-state index contributed by atoms with van der Waals surface area (Å²) < 4.78 is 23.6. The van der Waals surface area contributed by atoms with Gasteiger partial charge in [-0.25, -0.2) is 0 Å². The highest BCUT2D eigenvalue weighted by molar-refractivity contribution is 7.90. The molecule has 1 unspecified atom stereocenters. The lowest BCUT2D eigenvalue weighted by Gasteiger charge is -2.19. The lowest BCUT2D eigenvalue weighted by atomic mass is 10.1. The van der Waals surface area contributed by atoms with Crippen LogP contribution in [0.3, 0.4) is 0 Å². The van der Waals surface area contributed by atoms with E-state index >= 15 is 0 Å². The van der Waals surface area contributed by atoms with Crippen LogP contribution in [0.15, 0.2) is 35.5 Å². The number of nitrogens with zero attached hydrogens (tertiary/aromatic N) is 2. The maximum atomic E-state index is 13.0. The third-order valence-corrected chi connectivity index (χ3v) is 5.50. The molecule has 1 atom stereocenters. The molecule has 0 saturated heterocycles. The van der Waals surface area contributed by atoms with Crippen LogP contribution in [0, 0.1) is 6.92 Å². The summed E-state index contributed by atoms with van der Waals surface area (Å²) >= 11 is -1.30. The first-order chi connectivity index (χ1) is 12.4. The van der Waals surface area contributed by atoms with Crippen LogP contribution in [0.5, 0.6) is 11.5 Å². The molecule has 3 aromatic rings. The van der Waals surface area contributed by atoms with Gasteiger partial charge in [-0.1, -0.05) is 12.1 Å². The van der Waals surface area contributed by atoms with Gasteiger partial charge < -0.3 is 18.9 Å². The van der Waals surface area contributed by atoms with Gasteiger partial charge in [0, 0.05) is 48.7 Å². The molecule has 1 aromatic heterocycles. The fraction of sp³-hybridized carbons (Fsp3) is 0.316. The Morgan fingerprint density at radius 1 is 1.15 bits per heavy atom. The number of rotatable bonds is 6. The van der Waals surface area contributed by atoms with E-state index in [2.05, 4.69) is 9.97 Å². The number of aromatic amines is 1. The molecule has 0 radical (unpaired) electrons. The molecule has 0 fully saturated rings. The van der Waals surface area contributed by atoms with Crippen LogP contribution in [0.25, 0.3) is 11.0 Å². The summed E-state index contributed by atoms with van der Waals surface area (Å²) in [5.41, 5.74) is 4.71. The van der Waals surface area contributed by atoms with E-state index in [0.29, 0.717) is 27.9 Å². The lowest BCUT2D eigenvalue weighted by molar-refractivity contribution is 0.356. The fourth-order valence-corrected chi connectivity index (χ4v) is 4.11. The van der Waals surface area contributed by atoms with Gasteiger partial charge in [0.05, 0.1) is 25.3 Å². The molecule has 7 heteroatoms. The van der Waals surface area contributed by atoms with Crippen molar-refractivity contribution >= 4 is 27.9 Å². The minimum absolute atomic E-state index is 0.397. The van der Waals surface area contributed by atoms with E-state index in [-0.39, 0.29) is 0 Å². The number of anilines is 1. The second kappa shape index (κ2) is 7.47. The third kappa shape index (κ3) is 3.45. The van der Waals surface area contributed by atoms with Crippen molar-refractivity contribution in [3.63, 3.8) is 0 Å². The van der Waals surface area contributed by atoms with Gasteiger partial charge in [-0.3, -0.25) is 4.98 Å². The molecule has 1 N–H and O–H groups in total. The largest absolute Gasteiger partial charge is 0.609 e. The molecular formula is C19H23N3O3S. The summed E-state index contributed by atoms with van der Waals surface area (Å²) in [5.74, 6) is 1.60. The Kier molecular flexibility index (Phi) is 5.29. The van der Waals surface area contributed by atoms with Crippen molar-refractivity contribution in [2.45, 2.75) is 17.8 Å². The predicted molar refractivity (Wildman–Crippen MR) is 105 cm³/mol. The average Bonchev–Trinajstić information content (AvgIpc) is 3.04. The van der Waals surface area contributed by atoms with E-state index in [9.17, 15) is 4.55 Å². The van der Waals surface area contributed by atoms with Crippen LogP contribution in [0.2, 0.25) is 0 Å². The van der Waals surface area contributed by atoms with Crippen LogP contribution in [0.1, 0.15) is 11.1 Å². The first-order valence-corrected chi connectivity index (χ1v) is 9.52. The standard InChI is InChI=1S/C19H23N3O3S/c1-12-7-6-8-16(22(2)3)13(12)11-26(23)19-20-14-9-17(24-4)18(25-5)10-15(14)21-19/h6-10H,11H2,1-5H3,(H,20,21). The van der Waals surface area contributed by atoms with Crippen LogP contribution in [0.4, 0.5) is 5.69 Å². The first-order valence-electron chi connectivity index (χ1n) is 8.20. The number of aromatic nitrogens is 2. The molecular weight excluding hydrogens is 350 g/mol. The maximum Gasteiger partial charge on any atom is 0.321 e. The Hall–Kier alpha value is -2.38. The van der Waals surface area contributed by atoms with Crippen LogP contribution >= 0.6 is 0 Å². The maximum absolute atomic E-state index is 13.0. The van der Waals surface area contributed by atoms with Crippen molar-refractivity contribution < 1.29 is 14.0 Å². The second-order valence-corrected chi connectivity index (χ2v) is 7.59. The molecule has 0 saturated carbocycles. The van der Waals surface area contributed by atoms with Crippen molar-refractivity contribution in [1.82, 2.24) is 9.97 Å². The van der Waals surface area contributed by atoms with E-state index in [1.54, 1.807) is 26.4 Å². The Bertz CT molecular complexity index is 883. The van der Waals surface area contributed by atoms with E-state index in [0.717, 1.165) is 22.3 Å². The number of hydrogen-bond donors (Lipinski definition) is 1. The third-order valence-electron chi connectivity index (χ3n) is 4.32. The lowest BCUT2D eigenvalue weighted by Crippen LogP contribution is -2.15. The Balaban J connectivity index is 1.95. The smallest absolute Gasteiger partial charge is 0.321 e. The Labute approximate surface area is 156 Å². The van der Waals surface area contributed by atoms with Crippen molar-refractivity contribution in [3.05, 3.63) is 41.5 Å². The molecule has 138 valence electrons. The van der Waals surface area contributed by atoms with E-state index in [1.807, 2.05) is 44.1 Å². The fourth-order valence-electron chi connectivity index (χ4n) is 2.91. The van der Waals surface area contributed by atoms with Gasteiger partial charge in [0.1, 0.15) is 5.75 Å². The number of hydrogen-bond acceptors (Lipinski definition) is 5. The van der Waals surface area contributed by atoms with E-state index in [4.69, 9.17) is 9.47 Å². The van der Waals surface area contributed by atoms with Crippen molar-refractivity contribution in [3.8, 4) is 11.5 Å². The zero-order chi connectivity index (χ0) is 18.8. The van der Waals surface area contributed by atoms with Gasteiger partial charge in [0.2, 0.25) is 0 Å². The van der Waals surface area contributed by atoms with Crippen LogP contribution in [-0.2, 0) is 16.9 Å². The molecule has 26 heavy (non-hydrogen) atoms. The van der Waals surface area contributed by atoms with Gasteiger partial charge in [-0.15, -0.1) is 0 Å². The van der Waals surface area contributed by atoms with Crippen molar-refractivity contribution in [1.29, 1.82) is 0 Å². The summed E-state index contributed by atoms with van der Waals surface area (Å²) in [6.07, 6.45) is 0. The Morgan fingerprint density at radius 2 is 1.85 bits per heavy atom. The molecule has 2 aromatic carbocycles. The molecule has 3 rings (SSSR count). The van der Waals surface area contributed by atoms with E-state index in [1.165, 1.54) is 0 Å². The summed E-state index contributed by atoms with van der Waals surface area (Å²) in [4.78, 5) is 9.68. The minimum atomic E-state index is -1.30. The first kappa shape index (κ1) is 18.4. The minimum Gasteiger partial charge on any atom is -0.609 e. The monoisotopic (exact) mass is 373 g/mol. The summed E-state index contributed by atoms with van der Waals surface area (Å²) in [5, 5.41) is 0.447. The number of H-pyrrole nitrogens is 1. The molecule has 0 aliphatic rings. The number of fused-ring (bicyclic) bond motifs is 1. The molecule has 0 spiro atoms. The van der Waals surface area contributed by atoms with Crippen molar-refractivity contribution in [2.75, 3.05) is 33.2 Å². The normalized spacial score (nSPS) is 12.2. The van der Waals surface area contributed by atoms with E-state index < -0.39 is 11.2 Å². The number of methoxy groups -OCH3 is 2. The number of ether oxygens (including phenoxy) is 2. The highest BCUT2D eigenvalue weighted by Gasteiger charge is 2.22. The predicted octanol–water partition coefficient (Wildman–Crippen LogP) is 3.26. The molecule has 0 amide bonds. The number of aryl methyl sites for hydroxylation is 1. The molecule has 0 bridgehead atoms. The average molecular weight is 373 g/mol. The quantitative estimate of drug-likeness (QED) is 0.672. The number of nitrogens with one attached hydrogen (secondary N) is 1. The summed E-state index contributed by atoms with van der Waals surface area (Å²) in [6, 6.07) is 9.67. The topological polar surface area (TPSA) is 73.4 Å². The van der Waals surface area contributed by atoms with Gasteiger partial charge in [-0.2, -0.15) is 4.98 Å². The highest BCUT2D eigenvalue weighted by atomic mass is 32.2. The Morgan fingerprint density at radius 3 is 2.50 bits per heavy atom. The van der Waals surface area contributed by atoms with Gasteiger partial charge in [0.15, 0.2) is 11.5 Å². The number of imidazole rings is 1. The summed E-state index contributed by atoms with van der Waals surface area (Å²) in [7, 11) is 7.14. The van der Waals surface area contributed by atoms with Gasteiger partial charge in [-0.05, 0) is 18.6 Å².